The molecule has 0 fully saturated rings. The fourth-order valence-corrected chi connectivity index (χ4v) is 2.31. The van der Waals surface area contributed by atoms with Crippen molar-refractivity contribution in [3.63, 3.8) is 0 Å². The molecule has 0 saturated carbocycles. The molecule has 2 aromatic rings. The third-order valence-electron chi connectivity index (χ3n) is 2.08. The Morgan fingerprint density at radius 2 is 2.11 bits per heavy atom. The molecule has 3 nitrogen and oxygen atoms in total. The quantitative estimate of drug-likeness (QED) is 0.498. The molecule has 0 spiro atoms. The summed E-state index contributed by atoms with van der Waals surface area (Å²) in [6, 6.07) is 9.10. The van der Waals surface area contributed by atoms with Gasteiger partial charge in [-0.15, -0.1) is 11.3 Å². The number of rotatable bonds is 3. The van der Waals surface area contributed by atoms with Crippen molar-refractivity contribution < 1.29 is 0 Å². The van der Waals surface area contributed by atoms with Crippen molar-refractivity contribution in [3.8, 4) is 0 Å². The van der Waals surface area contributed by atoms with E-state index in [4.69, 9.17) is 35.4 Å². The Balaban J connectivity index is 1.89. The molecular formula is C12H9Cl2N3S2. The highest BCUT2D eigenvalue weighted by Crippen LogP contribution is 2.24. The minimum atomic E-state index is 0.381. The number of nitrogens with zero attached hydrogens (tertiary/aromatic N) is 1. The molecule has 0 aliphatic carbocycles. The number of benzene rings is 1. The van der Waals surface area contributed by atoms with Crippen LogP contribution in [0.2, 0.25) is 10.0 Å². The van der Waals surface area contributed by atoms with Crippen molar-refractivity contribution in [1.29, 1.82) is 0 Å². The van der Waals surface area contributed by atoms with Crippen molar-refractivity contribution in [3.05, 3.63) is 50.6 Å². The van der Waals surface area contributed by atoms with Crippen LogP contribution in [0.15, 0.2) is 40.8 Å². The van der Waals surface area contributed by atoms with Gasteiger partial charge in [-0.1, -0.05) is 29.3 Å². The van der Waals surface area contributed by atoms with Crippen molar-refractivity contribution in [2.75, 3.05) is 5.32 Å². The Morgan fingerprint density at radius 3 is 2.79 bits per heavy atom. The van der Waals surface area contributed by atoms with Gasteiger partial charge in [0.15, 0.2) is 5.11 Å². The van der Waals surface area contributed by atoms with Gasteiger partial charge in [0.05, 0.1) is 16.3 Å². The molecule has 1 aromatic heterocycles. The lowest BCUT2D eigenvalue weighted by Gasteiger charge is -2.07. The Morgan fingerprint density at radius 1 is 1.26 bits per heavy atom. The second-order valence-electron chi connectivity index (χ2n) is 3.47. The van der Waals surface area contributed by atoms with Crippen molar-refractivity contribution in [2.24, 2.45) is 5.10 Å². The SMILES string of the molecule is S=C(N/N=C/c1cccs1)Nc1ccc(Cl)c(Cl)c1. The van der Waals surface area contributed by atoms with Crippen LogP contribution in [0.4, 0.5) is 5.69 Å². The summed E-state index contributed by atoms with van der Waals surface area (Å²) in [6.07, 6.45) is 1.70. The van der Waals surface area contributed by atoms with Crippen LogP contribution >= 0.6 is 46.8 Å². The number of halogens is 2. The number of thiophene rings is 1. The fourth-order valence-electron chi connectivity index (χ4n) is 1.25. The number of anilines is 1. The topological polar surface area (TPSA) is 36.4 Å². The van der Waals surface area contributed by atoms with Gasteiger partial charge in [-0.25, -0.2) is 0 Å². The molecule has 0 saturated heterocycles. The number of thiocarbonyl (C=S) groups is 1. The van der Waals surface area contributed by atoms with Crippen molar-refractivity contribution >= 4 is 63.8 Å². The molecule has 2 N–H and O–H groups in total. The first-order valence-electron chi connectivity index (χ1n) is 5.24. The van der Waals surface area contributed by atoms with Gasteiger partial charge in [-0.3, -0.25) is 5.43 Å². The molecule has 0 amide bonds. The molecule has 19 heavy (non-hydrogen) atoms. The smallest absolute Gasteiger partial charge is 0.191 e. The Bertz CT molecular complexity index is 597. The number of hydrogen-bond donors (Lipinski definition) is 2. The number of nitrogens with one attached hydrogen (secondary N) is 2. The second-order valence-corrected chi connectivity index (χ2v) is 5.67. The monoisotopic (exact) mass is 329 g/mol. The van der Waals surface area contributed by atoms with Crippen LogP contribution in [0.3, 0.4) is 0 Å². The summed E-state index contributed by atoms with van der Waals surface area (Å²) >= 11 is 18.4. The average Bonchev–Trinajstić information content (AvgIpc) is 2.87. The minimum Gasteiger partial charge on any atom is -0.331 e. The zero-order valence-corrected chi connectivity index (χ0v) is 12.7. The Labute approximate surface area is 130 Å². The summed E-state index contributed by atoms with van der Waals surface area (Å²) < 4.78 is 0. The van der Waals surface area contributed by atoms with Gasteiger partial charge < -0.3 is 5.32 Å². The summed E-state index contributed by atoms with van der Waals surface area (Å²) in [5.74, 6) is 0. The number of hydrazone groups is 1. The van der Waals surface area contributed by atoms with E-state index < -0.39 is 0 Å². The first-order chi connectivity index (χ1) is 9.15. The highest BCUT2D eigenvalue weighted by atomic mass is 35.5. The van der Waals surface area contributed by atoms with Crippen LogP contribution in [0.1, 0.15) is 4.88 Å². The van der Waals surface area contributed by atoms with E-state index >= 15 is 0 Å². The van der Waals surface area contributed by atoms with Crippen LogP contribution in [0.25, 0.3) is 0 Å². The maximum absolute atomic E-state index is 5.91. The normalized spacial score (nSPS) is 10.6. The summed E-state index contributed by atoms with van der Waals surface area (Å²) in [7, 11) is 0. The average molecular weight is 330 g/mol. The maximum Gasteiger partial charge on any atom is 0.191 e. The van der Waals surface area contributed by atoms with E-state index in [1.165, 1.54) is 0 Å². The van der Waals surface area contributed by atoms with E-state index in [9.17, 15) is 0 Å². The van der Waals surface area contributed by atoms with Crippen LogP contribution in [-0.4, -0.2) is 11.3 Å². The largest absolute Gasteiger partial charge is 0.331 e. The molecule has 0 radical (unpaired) electrons. The lowest BCUT2D eigenvalue weighted by molar-refractivity contribution is 1.05. The van der Waals surface area contributed by atoms with Gasteiger partial charge in [0.1, 0.15) is 0 Å². The van der Waals surface area contributed by atoms with Crippen LogP contribution in [-0.2, 0) is 0 Å². The molecule has 0 unspecified atom stereocenters. The molecule has 2 rings (SSSR count). The lowest BCUT2D eigenvalue weighted by atomic mass is 10.3. The summed E-state index contributed by atoms with van der Waals surface area (Å²) in [5.41, 5.74) is 3.47. The molecule has 0 aliphatic heterocycles. The van der Waals surface area contributed by atoms with E-state index in [0.29, 0.717) is 15.2 Å². The van der Waals surface area contributed by atoms with Gasteiger partial charge in [-0.05, 0) is 41.9 Å². The summed E-state index contributed by atoms with van der Waals surface area (Å²) in [4.78, 5) is 1.05. The molecule has 1 aromatic carbocycles. The molecule has 0 aliphatic rings. The Kier molecular flexibility index (Phi) is 5.15. The molecule has 7 heteroatoms. The van der Waals surface area contributed by atoms with Gasteiger partial charge >= 0.3 is 0 Å². The molecular weight excluding hydrogens is 321 g/mol. The van der Waals surface area contributed by atoms with Gasteiger partial charge in [0, 0.05) is 10.6 Å². The van der Waals surface area contributed by atoms with E-state index in [1.807, 2.05) is 17.5 Å². The van der Waals surface area contributed by atoms with Crippen LogP contribution < -0.4 is 10.7 Å². The number of hydrogen-bond acceptors (Lipinski definition) is 3. The van der Waals surface area contributed by atoms with E-state index in [2.05, 4.69) is 15.8 Å². The lowest BCUT2D eigenvalue weighted by Crippen LogP contribution is -2.23. The minimum absolute atomic E-state index is 0.381. The second kappa shape index (κ2) is 6.86. The van der Waals surface area contributed by atoms with E-state index in [0.717, 1.165) is 10.6 Å². The predicted molar refractivity (Wildman–Crippen MR) is 87.7 cm³/mol. The van der Waals surface area contributed by atoms with E-state index in [-0.39, 0.29) is 0 Å². The van der Waals surface area contributed by atoms with Gasteiger partial charge in [0.25, 0.3) is 0 Å². The standard InChI is InChI=1S/C12H9Cl2N3S2/c13-10-4-3-8(6-11(10)14)16-12(18)17-15-7-9-2-1-5-19-9/h1-7H,(H2,16,17,18)/b15-7+. The first kappa shape index (κ1) is 14.3. The summed E-state index contributed by atoms with van der Waals surface area (Å²) in [6.45, 7) is 0. The van der Waals surface area contributed by atoms with E-state index in [1.54, 1.807) is 35.8 Å². The third kappa shape index (κ3) is 4.47. The third-order valence-corrected chi connectivity index (χ3v) is 3.82. The first-order valence-corrected chi connectivity index (χ1v) is 7.28. The predicted octanol–water partition coefficient (Wildman–Crippen LogP) is 4.38. The zero-order valence-electron chi connectivity index (χ0n) is 9.56. The van der Waals surface area contributed by atoms with Gasteiger partial charge in [0.2, 0.25) is 0 Å². The zero-order chi connectivity index (χ0) is 13.7. The molecule has 98 valence electrons. The highest BCUT2D eigenvalue weighted by Gasteiger charge is 2.00. The fraction of sp³-hybridized carbons (Fsp3) is 0. The van der Waals surface area contributed by atoms with Crippen LogP contribution in [0, 0.1) is 0 Å². The summed E-state index contributed by atoms with van der Waals surface area (Å²) in [5, 5.41) is 10.3. The van der Waals surface area contributed by atoms with Gasteiger partial charge in [-0.2, -0.15) is 5.10 Å². The highest BCUT2D eigenvalue weighted by molar-refractivity contribution is 7.80. The molecule has 0 atom stereocenters. The van der Waals surface area contributed by atoms with Crippen molar-refractivity contribution in [1.82, 2.24) is 5.43 Å². The van der Waals surface area contributed by atoms with Crippen LogP contribution in [0.5, 0.6) is 0 Å². The maximum atomic E-state index is 5.91. The van der Waals surface area contributed by atoms with Crippen molar-refractivity contribution in [2.45, 2.75) is 0 Å². The molecule has 0 bridgehead atoms. The Hall–Kier alpha value is -1.14. The molecule has 1 heterocycles.